The van der Waals surface area contributed by atoms with Crippen LogP contribution in [-0.2, 0) is 9.59 Å². The summed E-state index contributed by atoms with van der Waals surface area (Å²) in [6.07, 6.45) is 0. The van der Waals surface area contributed by atoms with Crippen molar-refractivity contribution in [1.82, 2.24) is 0 Å². The summed E-state index contributed by atoms with van der Waals surface area (Å²) in [6, 6.07) is 22.8. The molecule has 6 heteroatoms. The second-order valence-electron chi connectivity index (χ2n) is 7.04. The first-order chi connectivity index (χ1) is 14.4. The molecule has 1 aliphatic rings. The Morgan fingerprint density at radius 2 is 1.47 bits per heavy atom. The van der Waals surface area contributed by atoms with Gasteiger partial charge in [-0.15, -0.1) is 0 Å². The van der Waals surface area contributed by atoms with Crippen LogP contribution >= 0.6 is 27.7 Å². The highest BCUT2D eigenvalue weighted by molar-refractivity contribution is 9.10. The van der Waals surface area contributed by atoms with E-state index in [2.05, 4.69) is 21.2 Å². The molecule has 1 aliphatic heterocycles. The Kier molecular flexibility index (Phi) is 5.79. The summed E-state index contributed by atoms with van der Waals surface area (Å²) in [5.41, 5.74) is 3.61. The average molecular weight is 479 g/mol. The Labute approximate surface area is 188 Å². The van der Waals surface area contributed by atoms with E-state index >= 15 is 0 Å². The minimum Gasteiger partial charge on any atom is -0.350 e. The fourth-order valence-electron chi connectivity index (χ4n) is 3.31. The monoisotopic (exact) mass is 478 g/mol. The Hall–Kier alpha value is -2.83. The van der Waals surface area contributed by atoms with Gasteiger partial charge in [-0.25, -0.2) is 4.90 Å². The first kappa shape index (κ1) is 20.4. The van der Waals surface area contributed by atoms with Gasteiger partial charge in [0.25, 0.3) is 11.8 Å². The average Bonchev–Trinajstić information content (AvgIpc) is 2.93. The number of hydrogen-bond donors (Lipinski definition) is 1. The number of nitrogens with zero attached hydrogens (tertiary/aromatic N) is 1. The van der Waals surface area contributed by atoms with Crippen molar-refractivity contribution < 1.29 is 9.59 Å². The lowest BCUT2D eigenvalue weighted by Crippen LogP contribution is -2.32. The number of thioether (sulfide) groups is 1. The second-order valence-corrected chi connectivity index (χ2v) is 9.04. The molecule has 0 unspecified atom stereocenters. The Balaban J connectivity index is 1.76. The van der Waals surface area contributed by atoms with Gasteiger partial charge in [0.05, 0.1) is 5.69 Å². The molecule has 0 bridgehead atoms. The summed E-state index contributed by atoms with van der Waals surface area (Å²) in [5.74, 6) is -0.676. The molecule has 0 atom stereocenters. The van der Waals surface area contributed by atoms with Gasteiger partial charge >= 0.3 is 0 Å². The van der Waals surface area contributed by atoms with Crippen LogP contribution in [0.1, 0.15) is 11.1 Å². The van der Waals surface area contributed by atoms with E-state index in [0.717, 1.165) is 26.2 Å². The summed E-state index contributed by atoms with van der Waals surface area (Å²) in [6.45, 7) is 3.91. The van der Waals surface area contributed by atoms with Crippen molar-refractivity contribution >= 4 is 50.9 Å². The van der Waals surface area contributed by atoms with Gasteiger partial charge in [-0.2, -0.15) is 0 Å². The lowest BCUT2D eigenvalue weighted by molar-refractivity contribution is -0.120. The number of benzene rings is 3. The molecule has 150 valence electrons. The van der Waals surface area contributed by atoms with Gasteiger partial charge < -0.3 is 5.32 Å². The van der Waals surface area contributed by atoms with Crippen molar-refractivity contribution in [3.8, 4) is 0 Å². The van der Waals surface area contributed by atoms with Crippen molar-refractivity contribution in [2.45, 2.75) is 18.7 Å². The van der Waals surface area contributed by atoms with E-state index < -0.39 is 0 Å². The minimum atomic E-state index is -0.355. The molecule has 1 N–H and O–H groups in total. The van der Waals surface area contributed by atoms with Crippen LogP contribution in [0.5, 0.6) is 0 Å². The van der Waals surface area contributed by atoms with Gasteiger partial charge in [-0.3, -0.25) is 9.59 Å². The zero-order valence-electron chi connectivity index (χ0n) is 16.5. The molecule has 4 rings (SSSR count). The SMILES string of the molecule is Cc1cc(C)cc(N2C(=O)C(Nc3ccc(Br)cc3)=C(Sc3ccccc3)C2=O)c1. The first-order valence-corrected chi connectivity index (χ1v) is 11.0. The number of rotatable bonds is 5. The lowest BCUT2D eigenvalue weighted by Gasteiger charge is -2.17. The number of nitrogens with one attached hydrogen (secondary N) is 1. The minimum absolute atomic E-state index is 0.287. The molecule has 0 aliphatic carbocycles. The molecule has 0 aromatic heterocycles. The number of aryl methyl sites for hydroxylation is 2. The topological polar surface area (TPSA) is 49.4 Å². The van der Waals surface area contributed by atoms with E-state index in [0.29, 0.717) is 10.6 Å². The van der Waals surface area contributed by atoms with E-state index in [1.165, 1.54) is 16.7 Å². The standard InChI is InChI=1S/C24H19BrN2O2S/c1-15-12-16(2)14-19(13-15)27-23(28)21(26-18-10-8-17(25)9-11-18)22(24(27)29)30-20-6-4-3-5-7-20/h3-14,26H,1-2H3. The van der Waals surface area contributed by atoms with Gasteiger partial charge in [-0.1, -0.05) is 52.0 Å². The molecule has 0 radical (unpaired) electrons. The van der Waals surface area contributed by atoms with Gasteiger partial charge in [-0.05, 0) is 73.5 Å². The van der Waals surface area contributed by atoms with Crippen LogP contribution < -0.4 is 10.2 Å². The quantitative estimate of drug-likeness (QED) is 0.453. The molecule has 0 spiro atoms. The maximum atomic E-state index is 13.4. The van der Waals surface area contributed by atoms with E-state index in [9.17, 15) is 9.59 Å². The number of halogens is 1. The smallest absolute Gasteiger partial charge is 0.283 e. The predicted molar refractivity (Wildman–Crippen MR) is 125 cm³/mol. The molecule has 4 nitrogen and oxygen atoms in total. The maximum Gasteiger partial charge on any atom is 0.283 e. The molecule has 30 heavy (non-hydrogen) atoms. The third-order valence-corrected chi connectivity index (χ3v) is 6.20. The van der Waals surface area contributed by atoms with E-state index in [-0.39, 0.29) is 17.5 Å². The van der Waals surface area contributed by atoms with E-state index in [1.54, 1.807) is 0 Å². The number of amides is 2. The number of imide groups is 1. The van der Waals surface area contributed by atoms with Crippen molar-refractivity contribution in [2.24, 2.45) is 0 Å². The van der Waals surface area contributed by atoms with Gasteiger partial charge in [0.15, 0.2) is 0 Å². The molecular formula is C24H19BrN2O2S. The summed E-state index contributed by atoms with van der Waals surface area (Å²) < 4.78 is 0.937. The molecule has 0 saturated carbocycles. The fraction of sp³-hybridized carbons (Fsp3) is 0.0833. The van der Waals surface area contributed by atoms with Crippen molar-refractivity contribution in [3.63, 3.8) is 0 Å². The number of carbonyl (C=O) groups excluding carboxylic acids is 2. The van der Waals surface area contributed by atoms with Crippen LogP contribution in [0.15, 0.2) is 92.8 Å². The molecule has 0 fully saturated rings. The number of carbonyl (C=O) groups is 2. The zero-order chi connectivity index (χ0) is 21.3. The molecule has 0 saturated heterocycles. The number of hydrogen-bond acceptors (Lipinski definition) is 4. The summed E-state index contributed by atoms with van der Waals surface area (Å²) in [4.78, 5) is 29.3. The normalized spacial score (nSPS) is 13.9. The van der Waals surface area contributed by atoms with Crippen LogP contribution in [0.4, 0.5) is 11.4 Å². The predicted octanol–water partition coefficient (Wildman–Crippen LogP) is 6.06. The summed E-state index contributed by atoms with van der Waals surface area (Å²) in [5, 5.41) is 3.17. The fourth-order valence-corrected chi connectivity index (χ4v) is 4.53. The third kappa shape index (κ3) is 4.20. The van der Waals surface area contributed by atoms with Crippen LogP contribution in [0.2, 0.25) is 0 Å². The molecule has 2 amide bonds. The highest BCUT2D eigenvalue weighted by Gasteiger charge is 2.40. The Bertz CT molecular complexity index is 1140. The zero-order valence-corrected chi connectivity index (χ0v) is 18.9. The highest BCUT2D eigenvalue weighted by atomic mass is 79.9. The Morgan fingerprint density at radius 1 is 0.833 bits per heavy atom. The van der Waals surface area contributed by atoms with E-state index in [1.807, 2.05) is 86.6 Å². The van der Waals surface area contributed by atoms with Gasteiger partial charge in [0, 0.05) is 15.1 Å². The van der Waals surface area contributed by atoms with Crippen molar-refractivity contribution in [2.75, 3.05) is 10.2 Å². The molecule has 3 aromatic rings. The third-order valence-electron chi connectivity index (χ3n) is 4.58. The molecular weight excluding hydrogens is 460 g/mol. The van der Waals surface area contributed by atoms with Crippen LogP contribution in [0, 0.1) is 13.8 Å². The lowest BCUT2D eigenvalue weighted by atomic mass is 10.1. The number of anilines is 2. The first-order valence-electron chi connectivity index (χ1n) is 9.39. The van der Waals surface area contributed by atoms with Crippen LogP contribution in [-0.4, -0.2) is 11.8 Å². The second kappa shape index (κ2) is 8.50. The van der Waals surface area contributed by atoms with Crippen molar-refractivity contribution in [3.05, 3.63) is 99.0 Å². The molecule has 3 aromatic carbocycles. The molecule has 1 heterocycles. The van der Waals surface area contributed by atoms with Gasteiger partial charge in [0.2, 0.25) is 0 Å². The van der Waals surface area contributed by atoms with Gasteiger partial charge in [0.1, 0.15) is 10.6 Å². The maximum absolute atomic E-state index is 13.4. The highest BCUT2D eigenvalue weighted by Crippen LogP contribution is 2.38. The Morgan fingerprint density at radius 3 is 2.10 bits per heavy atom. The van der Waals surface area contributed by atoms with Crippen molar-refractivity contribution in [1.29, 1.82) is 0 Å². The summed E-state index contributed by atoms with van der Waals surface area (Å²) in [7, 11) is 0. The van der Waals surface area contributed by atoms with E-state index in [4.69, 9.17) is 0 Å². The van der Waals surface area contributed by atoms with Crippen LogP contribution in [0.3, 0.4) is 0 Å². The summed E-state index contributed by atoms with van der Waals surface area (Å²) >= 11 is 4.71. The largest absolute Gasteiger partial charge is 0.350 e. The van der Waals surface area contributed by atoms with Crippen LogP contribution in [0.25, 0.3) is 0 Å².